The summed E-state index contributed by atoms with van der Waals surface area (Å²) in [5, 5.41) is 42.6. The van der Waals surface area contributed by atoms with Crippen molar-refractivity contribution < 1.29 is 25.2 Å². The highest BCUT2D eigenvalue weighted by atomic mass is 16.3. The van der Waals surface area contributed by atoms with E-state index in [4.69, 9.17) is 0 Å². The van der Waals surface area contributed by atoms with E-state index in [1.54, 1.807) is 0 Å². The van der Waals surface area contributed by atoms with Crippen molar-refractivity contribution in [2.75, 3.05) is 6.61 Å². The number of aliphatic hydroxyl groups is 4. The lowest BCUT2D eigenvalue weighted by Gasteiger charge is -2.27. The minimum atomic E-state index is -1.25. The Hall–Kier alpha value is -0.690. The molecule has 0 rings (SSSR count). The highest BCUT2D eigenvalue weighted by Gasteiger charge is 2.28. The average molecular weight is 614 g/mol. The Balaban J connectivity index is 3.49. The number of aliphatic hydroxyl groups excluding tert-OH is 4. The van der Waals surface area contributed by atoms with Gasteiger partial charge in [0.15, 0.2) is 0 Å². The van der Waals surface area contributed by atoms with Crippen LogP contribution in [0.4, 0.5) is 0 Å². The first-order chi connectivity index (χ1) is 21.0. The number of carbonyl (C=O) groups excluding carboxylic acids is 1. The molecular formula is C37H75NO5. The van der Waals surface area contributed by atoms with E-state index in [1.807, 2.05) is 0 Å². The minimum absolute atomic E-state index is 0.373. The van der Waals surface area contributed by atoms with E-state index in [0.717, 1.165) is 38.5 Å². The van der Waals surface area contributed by atoms with Crippen molar-refractivity contribution in [2.45, 2.75) is 224 Å². The molecule has 0 aliphatic heterocycles. The summed E-state index contributed by atoms with van der Waals surface area (Å²) < 4.78 is 0. The maximum atomic E-state index is 12.3. The molecule has 0 heterocycles. The first-order valence-corrected chi connectivity index (χ1v) is 18.9. The second-order valence-electron chi connectivity index (χ2n) is 13.3. The number of rotatable bonds is 34. The second-order valence-corrected chi connectivity index (χ2v) is 13.3. The van der Waals surface area contributed by atoms with Crippen LogP contribution in [-0.2, 0) is 4.79 Å². The van der Waals surface area contributed by atoms with Crippen molar-refractivity contribution in [1.29, 1.82) is 0 Å². The van der Waals surface area contributed by atoms with Crippen LogP contribution >= 0.6 is 0 Å². The zero-order valence-corrected chi connectivity index (χ0v) is 28.7. The highest BCUT2D eigenvalue weighted by molar-refractivity contribution is 5.80. The third-order valence-electron chi connectivity index (χ3n) is 9.07. The van der Waals surface area contributed by atoms with Crippen LogP contribution in [0.5, 0.6) is 0 Å². The lowest BCUT2D eigenvalue weighted by atomic mass is 10.00. The monoisotopic (exact) mass is 614 g/mol. The number of hydrogen-bond acceptors (Lipinski definition) is 5. The average Bonchev–Trinajstić information content (AvgIpc) is 3.01. The molecular weight excluding hydrogens is 538 g/mol. The van der Waals surface area contributed by atoms with E-state index in [9.17, 15) is 25.2 Å². The molecule has 4 unspecified atom stereocenters. The van der Waals surface area contributed by atoms with E-state index >= 15 is 0 Å². The molecule has 0 aromatic rings. The predicted octanol–water partition coefficient (Wildman–Crippen LogP) is 8.90. The normalized spacial score (nSPS) is 14.5. The van der Waals surface area contributed by atoms with Crippen molar-refractivity contribution in [3.05, 3.63) is 0 Å². The van der Waals surface area contributed by atoms with Gasteiger partial charge in [-0.2, -0.15) is 0 Å². The van der Waals surface area contributed by atoms with Gasteiger partial charge in [0.05, 0.1) is 18.8 Å². The molecule has 0 saturated heterocycles. The molecule has 6 heteroatoms. The Labute approximate surface area is 267 Å². The zero-order chi connectivity index (χ0) is 31.8. The van der Waals surface area contributed by atoms with Gasteiger partial charge < -0.3 is 25.7 Å². The Bertz CT molecular complexity index is 575. The predicted molar refractivity (Wildman–Crippen MR) is 182 cm³/mol. The van der Waals surface area contributed by atoms with Gasteiger partial charge in [-0.1, -0.05) is 187 Å². The Morgan fingerprint density at radius 2 is 0.791 bits per heavy atom. The summed E-state index contributed by atoms with van der Waals surface area (Å²) in [6.07, 6.45) is 32.3. The smallest absolute Gasteiger partial charge is 0.249 e. The molecule has 1 amide bonds. The molecule has 0 fully saturated rings. The summed E-state index contributed by atoms with van der Waals surface area (Å²) in [4.78, 5) is 12.3. The first-order valence-electron chi connectivity index (χ1n) is 18.9. The zero-order valence-electron chi connectivity index (χ0n) is 28.7. The van der Waals surface area contributed by atoms with E-state index in [-0.39, 0.29) is 0 Å². The van der Waals surface area contributed by atoms with Crippen molar-refractivity contribution >= 4 is 5.91 Å². The van der Waals surface area contributed by atoms with Gasteiger partial charge in [-0.15, -0.1) is 0 Å². The maximum absolute atomic E-state index is 12.3. The standard InChI is InChI=1S/C37H75NO5/c1-3-5-7-8-9-10-11-12-13-14-15-16-17-18-19-20-21-22-23-24-25-26-27-29-31-35(41)37(43)38-33(32-39)36(42)34(40)30-28-6-4-2/h33-36,39-42H,3-32H2,1-2H3,(H,38,43). The summed E-state index contributed by atoms with van der Waals surface area (Å²) in [6.45, 7) is 3.86. The fraction of sp³-hybridized carbons (Fsp3) is 0.973. The molecule has 0 aromatic heterocycles. The first kappa shape index (κ1) is 42.3. The van der Waals surface area contributed by atoms with Crippen LogP contribution in [0.3, 0.4) is 0 Å². The number of nitrogens with one attached hydrogen (secondary N) is 1. The summed E-state index contributed by atoms with van der Waals surface area (Å²) in [5.74, 6) is -0.590. The van der Waals surface area contributed by atoms with Gasteiger partial charge in [-0.05, 0) is 12.8 Å². The van der Waals surface area contributed by atoms with Crippen LogP contribution < -0.4 is 5.32 Å². The summed E-state index contributed by atoms with van der Waals surface area (Å²) in [5.41, 5.74) is 0. The van der Waals surface area contributed by atoms with E-state index in [2.05, 4.69) is 19.2 Å². The Kier molecular flexibility index (Phi) is 32.2. The van der Waals surface area contributed by atoms with E-state index < -0.39 is 36.9 Å². The van der Waals surface area contributed by atoms with Crippen LogP contribution in [0.1, 0.15) is 200 Å². The van der Waals surface area contributed by atoms with Crippen molar-refractivity contribution in [2.24, 2.45) is 0 Å². The van der Waals surface area contributed by atoms with Gasteiger partial charge in [-0.3, -0.25) is 4.79 Å². The SMILES string of the molecule is CCCCCCCCCCCCCCCCCCCCCCCCCCC(O)C(=O)NC(CO)C(O)C(O)CCCCC. The Morgan fingerprint density at radius 3 is 1.14 bits per heavy atom. The van der Waals surface area contributed by atoms with Gasteiger partial charge in [-0.25, -0.2) is 0 Å². The van der Waals surface area contributed by atoms with Crippen LogP contribution in [-0.4, -0.2) is 57.3 Å². The fourth-order valence-corrected chi connectivity index (χ4v) is 5.99. The minimum Gasteiger partial charge on any atom is -0.394 e. The topological polar surface area (TPSA) is 110 Å². The van der Waals surface area contributed by atoms with Gasteiger partial charge in [0.25, 0.3) is 0 Å². The highest BCUT2D eigenvalue weighted by Crippen LogP contribution is 2.16. The molecule has 5 N–H and O–H groups in total. The number of amides is 1. The molecule has 0 bridgehead atoms. The van der Waals surface area contributed by atoms with Gasteiger partial charge in [0, 0.05) is 0 Å². The molecule has 0 radical (unpaired) electrons. The van der Waals surface area contributed by atoms with Gasteiger partial charge in [0.1, 0.15) is 12.2 Å². The summed E-state index contributed by atoms with van der Waals surface area (Å²) in [6, 6.07) is -0.974. The maximum Gasteiger partial charge on any atom is 0.249 e. The number of hydrogen-bond donors (Lipinski definition) is 5. The lowest BCUT2D eigenvalue weighted by molar-refractivity contribution is -0.132. The molecule has 0 aromatic carbocycles. The van der Waals surface area contributed by atoms with Gasteiger partial charge >= 0.3 is 0 Å². The van der Waals surface area contributed by atoms with Crippen LogP contribution in [0.2, 0.25) is 0 Å². The molecule has 0 saturated carbocycles. The van der Waals surface area contributed by atoms with Crippen LogP contribution in [0.15, 0.2) is 0 Å². The van der Waals surface area contributed by atoms with Crippen LogP contribution in [0, 0.1) is 0 Å². The number of unbranched alkanes of at least 4 members (excludes halogenated alkanes) is 25. The van der Waals surface area contributed by atoms with Crippen molar-refractivity contribution in [3.63, 3.8) is 0 Å². The lowest BCUT2D eigenvalue weighted by Crippen LogP contribution is -2.53. The third-order valence-corrected chi connectivity index (χ3v) is 9.07. The summed E-state index contributed by atoms with van der Waals surface area (Å²) in [7, 11) is 0. The van der Waals surface area contributed by atoms with Crippen molar-refractivity contribution in [1.82, 2.24) is 5.32 Å². The van der Waals surface area contributed by atoms with Crippen LogP contribution in [0.25, 0.3) is 0 Å². The molecule has 43 heavy (non-hydrogen) atoms. The second kappa shape index (κ2) is 32.7. The summed E-state index contributed by atoms with van der Waals surface area (Å²) >= 11 is 0. The number of carbonyl (C=O) groups is 1. The van der Waals surface area contributed by atoms with E-state index in [1.165, 1.54) is 135 Å². The third kappa shape index (κ3) is 27.4. The Morgan fingerprint density at radius 1 is 0.488 bits per heavy atom. The molecule has 0 aliphatic rings. The molecule has 258 valence electrons. The largest absolute Gasteiger partial charge is 0.394 e. The molecule has 0 spiro atoms. The van der Waals surface area contributed by atoms with Gasteiger partial charge in [0.2, 0.25) is 5.91 Å². The molecule has 4 atom stereocenters. The fourth-order valence-electron chi connectivity index (χ4n) is 5.99. The van der Waals surface area contributed by atoms with E-state index in [0.29, 0.717) is 12.8 Å². The molecule has 6 nitrogen and oxygen atoms in total. The quantitative estimate of drug-likeness (QED) is 0.0466. The molecule has 0 aliphatic carbocycles. The van der Waals surface area contributed by atoms with Crippen molar-refractivity contribution in [3.8, 4) is 0 Å².